The Morgan fingerprint density at radius 1 is 1.36 bits per heavy atom. The van der Waals surface area contributed by atoms with E-state index in [0.717, 1.165) is 11.5 Å². The van der Waals surface area contributed by atoms with Crippen molar-refractivity contribution >= 4 is 5.95 Å². The molecule has 0 amide bonds. The molecular weight excluding hydrogens is 178 g/mol. The van der Waals surface area contributed by atoms with Crippen LogP contribution in [0.5, 0.6) is 0 Å². The lowest BCUT2D eigenvalue weighted by atomic mass is 10.1. The molecule has 1 aliphatic rings. The smallest absolute Gasteiger partial charge is 0.225 e. The summed E-state index contributed by atoms with van der Waals surface area (Å²) in [5.41, 5.74) is 1.15. The number of anilines is 1. The van der Waals surface area contributed by atoms with Crippen LogP contribution < -0.4 is 4.90 Å². The highest BCUT2D eigenvalue weighted by Gasteiger charge is 2.26. The minimum atomic E-state index is -0.205. The molecular formula is C10H15N3O. The van der Waals surface area contributed by atoms with Gasteiger partial charge in [-0.3, -0.25) is 0 Å². The van der Waals surface area contributed by atoms with Gasteiger partial charge < -0.3 is 10.0 Å². The van der Waals surface area contributed by atoms with Gasteiger partial charge >= 0.3 is 0 Å². The number of nitrogens with zero attached hydrogens (tertiary/aromatic N) is 3. The zero-order valence-electron chi connectivity index (χ0n) is 8.51. The van der Waals surface area contributed by atoms with Crippen molar-refractivity contribution in [3.05, 3.63) is 18.0 Å². The molecule has 1 fully saturated rings. The summed E-state index contributed by atoms with van der Waals surface area (Å²) in [6, 6.07) is 0. The van der Waals surface area contributed by atoms with Gasteiger partial charge in [0.25, 0.3) is 0 Å². The third-order valence-electron chi connectivity index (χ3n) is 2.47. The van der Waals surface area contributed by atoms with Gasteiger partial charge in [-0.15, -0.1) is 0 Å². The molecule has 0 atom stereocenters. The highest BCUT2D eigenvalue weighted by Crippen LogP contribution is 2.17. The number of aliphatic hydroxyl groups is 1. The summed E-state index contributed by atoms with van der Waals surface area (Å²) in [5, 5.41) is 9.13. The SMILES string of the molecule is CC(C)c1cnc(N2CC(O)C2)nc1. The number of β-amino-alcohol motifs (C(OH)–C–C–N with tert-alkyl or cyclic N) is 1. The van der Waals surface area contributed by atoms with Crippen LogP contribution in [0.25, 0.3) is 0 Å². The van der Waals surface area contributed by atoms with E-state index in [9.17, 15) is 0 Å². The zero-order valence-corrected chi connectivity index (χ0v) is 8.51. The fourth-order valence-corrected chi connectivity index (χ4v) is 1.41. The van der Waals surface area contributed by atoms with Crippen molar-refractivity contribution in [2.75, 3.05) is 18.0 Å². The van der Waals surface area contributed by atoms with Gasteiger partial charge in [-0.2, -0.15) is 0 Å². The molecule has 76 valence electrons. The summed E-state index contributed by atoms with van der Waals surface area (Å²) >= 11 is 0. The molecule has 0 unspecified atom stereocenters. The monoisotopic (exact) mass is 193 g/mol. The summed E-state index contributed by atoms with van der Waals surface area (Å²) in [5.74, 6) is 1.19. The fraction of sp³-hybridized carbons (Fsp3) is 0.600. The molecule has 4 heteroatoms. The Hall–Kier alpha value is -1.16. The Morgan fingerprint density at radius 3 is 2.36 bits per heavy atom. The maximum Gasteiger partial charge on any atom is 0.225 e. The lowest BCUT2D eigenvalue weighted by Gasteiger charge is -2.35. The van der Waals surface area contributed by atoms with Crippen LogP contribution in [0.1, 0.15) is 25.3 Å². The quantitative estimate of drug-likeness (QED) is 0.754. The van der Waals surface area contributed by atoms with Gasteiger partial charge in [-0.25, -0.2) is 9.97 Å². The van der Waals surface area contributed by atoms with E-state index in [4.69, 9.17) is 5.11 Å². The Kier molecular flexibility index (Phi) is 2.37. The molecule has 0 bridgehead atoms. The summed E-state index contributed by atoms with van der Waals surface area (Å²) in [4.78, 5) is 10.5. The molecule has 0 saturated carbocycles. The molecule has 1 saturated heterocycles. The number of hydrogen-bond donors (Lipinski definition) is 1. The Bertz CT molecular complexity index is 304. The minimum Gasteiger partial charge on any atom is -0.389 e. The molecule has 0 aromatic carbocycles. The van der Waals surface area contributed by atoms with Gasteiger partial charge in [0.05, 0.1) is 6.10 Å². The second-order valence-electron chi connectivity index (χ2n) is 4.03. The van der Waals surface area contributed by atoms with Crippen LogP contribution in [0.2, 0.25) is 0 Å². The predicted molar refractivity (Wildman–Crippen MR) is 54.3 cm³/mol. The van der Waals surface area contributed by atoms with Gasteiger partial charge in [0, 0.05) is 25.5 Å². The van der Waals surface area contributed by atoms with Crippen molar-refractivity contribution in [2.45, 2.75) is 25.9 Å². The molecule has 0 radical (unpaired) electrons. The van der Waals surface area contributed by atoms with Crippen LogP contribution in [0.15, 0.2) is 12.4 Å². The Labute approximate surface area is 83.6 Å². The van der Waals surface area contributed by atoms with Gasteiger partial charge in [-0.1, -0.05) is 13.8 Å². The highest BCUT2D eigenvalue weighted by molar-refractivity contribution is 5.34. The van der Waals surface area contributed by atoms with Crippen molar-refractivity contribution in [2.24, 2.45) is 0 Å². The largest absolute Gasteiger partial charge is 0.389 e. The standard InChI is InChI=1S/C10H15N3O/c1-7(2)8-3-11-10(12-4-8)13-5-9(14)6-13/h3-4,7,9,14H,5-6H2,1-2H3. The molecule has 2 heterocycles. The fourth-order valence-electron chi connectivity index (χ4n) is 1.41. The third-order valence-corrected chi connectivity index (χ3v) is 2.47. The first kappa shape index (κ1) is 9.40. The van der Waals surface area contributed by atoms with Crippen LogP contribution in [0, 0.1) is 0 Å². The predicted octanol–water partition coefficient (Wildman–Crippen LogP) is 0.781. The van der Waals surface area contributed by atoms with Gasteiger partial charge in [0.1, 0.15) is 0 Å². The first-order chi connectivity index (χ1) is 6.66. The number of aromatic nitrogens is 2. The first-order valence-corrected chi connectivity index (χ1v) is 4.92. The van der Waals surface area contributed by atoms with Crippen molar-refractivity contribution in [1.29, 1.82) is 0 Å². The average Bonchev–Trinajstić information content (AvgIpc) is 2.13. The second kappa shape index (κ2) is 3.53. The van der Waals surface area contributed by atoms with Crippen molar-refractivity contribution in [3.63, 3.8) is 0 Å². The topological polar surface area (TPSA) is 49.2 Å². The van der Waals surface area contributed by atoms with E-state index in [1.54, 1.807) is 0 Å². The van der Waals surface area contributed by atoms with E-state index in [0.29, 0.717) is 19.0 Å². The third kappa shape index (κ3) is 1.70. The molecule has 2 rings (SSSR count). The lowest BCUT2D eigenvalue weighted by molar-refractivity contribution is 0.140. The molecule has 0 aliphatic carbocycles. The summed E-state index contributed by atoms with van der Waals surface area (Å²) in [6.45, 7) is 5.54. The molecule has 1 N–H and O–H groups in total. The van der Waals surface area contributed by atoms with Crippen molar-refractivity contribution < 1.29 is 5.11 Å². The lowest BCUT2D eigenvalue weighted by Crippen LogP contribution is -2.51. The highest BCUT2D eigenvalue weighted by atomic mass is 16.3. The van der Waals surface area contributed by atoms with E-state index in [1.807, 2.05) is 17.3 Å². The van der Waals surface area contributed by atoms with E-state index in [2.05, 4.69) is 23.8 Å². The minimum absolute atomic E-state index is 0.205. The van der Waals surface area contributed by atoms with E-state index < -0.39 is 0 Å². The van der Waals surface area contributed by atoms with Gasteiger partial charge in [-0.05, 0) is 11.5 Å². The number of aliphatic hydroxyl groups excluding tert-OH is 1. The maximum atomic E-state index is 9.13. The summed E-state index contributed by atoms with van der Waals surface area (Å²) < 4.78 is 0. The zero-order chi connectivity index (χ0) is 10.1. The number of hydrogen-bond acceptors (Lipinski definition) is 4. The van der Waals surface area contributed by atoms with Gasteiger partial charge in [0.15, 0.2) is 0 Å². The van der Waals surface area contributed by atoms with E-state index >= 15 is 0 Å². The second-order valence-corrected chi connectivity index (χ2v) is 4.03. The van der Waals surface area contributed by atoms with Crippen LogP contribution in [0.3, 0.4) is 0 Å². The summed E-state index contributed by atoms with van der Waals surface area (Å²) in [6.07, 6.45) is 3.51. The van der Waals surface area contributed by atoms with Crippen LogP contribution in [-0.4, -0.2) is 34.3 Å². The Morgan fingerprint density at radius 2 is 1.93 bits per heavy atom. The summed E-state index contributed by atoms with van der Waals surface area (Å²) in [7, 11) is 0. The molecule has 1 aromatic heterocycles. The van der Waals surface area contributed by atoms with Gasteiger partial charge in [0.2, 0.25) is 5.95 Å². The van der Waals surface area contributed by atoms with Crippen molar-refractivity contribution in [3.8, 4) is 0 Å². The van der Waals surface area contributed by atoms with Crippen LogP contribution in [0.4, 0.5) is 5.95 Å². The number of rotatable bonds is 2. The molecule has 14 heavy (non-hydrogen) atoms. The molecule has 4 nitrogen and oxygen atoms in total. The normalized spacial score (nSPS) is 17.3. The Balaban J connectivity index is 2.07. The van der Waals surface area contributed by atoms with E-state index in [-0.39, 0.29) is 6.10 Å². The van der Waals surface area contributed by atoms with Crippen molar-refractivity contribution in [1.82, 2.24) is 9.97 Å². The molecule has 0 spiro atoms. The molecule has 1 aliphatic heterocycles. The maximum absolute atomic E-state index is 9.13. The van der Waals surface area contributed by atoms with Crippen LogP contribution in [-0.2, 0) is 0 Å². The first-order valence-electron chi connectivity index (χ1n) is 4.92. The van der Waals surface area contributed by atoms with E-state index in [1.165, 1.54) is 0 Å². The molecule has 1 aromatic rings. The van der Waals surface area contributed by atoms with Crippen LogP contribution >= 0.6 is 0 Å². The average molecular weight is 193 g/mol.